The van der Waals surface area contributed by atoms with Crippen LogP contribution >= 0.6 is 0 Å². The molecule has 0 radical (unpaired) electrons. The van der Waals surface area contributed by atoms with E-state index in [0.29, 0.717) is 19.6 Å². The first-order valence-electron chi connectivity index (χ1n) is 8.59. The standard InChI is InChI=1S/C18H21F4N3O/c19-16-4-3-15(18(20,21)22)10-14(16)12-24-6-1-2-13(11-24)17-5-7-25(23-17)8-9-26/h3-5,7,10,13,26H,1-2,6,8-9,11-12H2. The number of nitrogens with zero attached hydrogens (tertiary/aromatic N) is 3. The molecule has 1 unspecified atom stereocenters. The number of rotatable bonds is 5. The summed E-state index contributed by atoms with van der Waals surface area (Å²) in [6, 6.07) is 4.45. The van der Waals surface area contributed by atoms with Crippen molar-refractivity contribution >= 4 is 0 Å². The number of alkyl halides is 3. The van der Waals surface area contributed by atoms with E-state index in [9.17, 15) is 17.6 Å². The summed E-state index contributed by atoms with van der Waals surface area (Å²) in [7, 11) is 0. The molecule has 2 aromatic rings. The van der Waals surface area contributed by atoms with Gasteiger partial charge in [0.2, 0.25) is 0 Å². The molecule has 0 bridgehead atoms. The predicted octanol–water partition coefficient (Wildman–Crippen LogP) is 3.41. The molecular formula is C18H21F4N3O. The van der Waals surface area contributed by atoms with Crippen molar-refractivity contribution in [1.29, 1.82) is 0 Å². The third-order valence-electron chi connectivity index (χ3n) is 4.68. The molecule has 1 aliphatic heterocycles. The Morgan fingerprint density at radius 3 is 2.77 bits per heavy atom. The number of likely N-dealkylation sites (tertiary alicyclic amines) is 1. The van der Waals surface area contributed by atoms with E-state index in [1.165, 1.54) is 0 Å². The Hall–Kier alpha value is -1.93. The van der Waals surface area contributed by atoms with Crippen molar-refractivity contribution in [1.82, 2.24) is 14.7 Å². The van der Waals surface area contributed by atoms with Gasteiger partial charge in [0.25, 0.3) is 0 Å². The van der Waals surface area contributed by atoms with Gasteiger partial charge in [-0.1, -0.05) is 0 Å². The van der Waals surface area contributed by atoms with Gasteiger partial charge in [0.1, 0.15) is 5.82 Å². The van der Waals surface area contributed by atoms with Crippen molar-refractivity contribution in [3.8, 4) is 0 Å². The summed E-state index contributed by atoms with van der Waals surface area (Å²) in [4.78, 5) is 1.97. The SMILES string of the molecule is OCCn1ccc(C2CCCN(Cc3cc(C(F)(F)F)ccc3F)C2)n1. The van der Waals surface area contributed by atoms with Crippen LogP contribution in [-0.2, 0) is 19.3 Å². The zero-order valence-corrected chi connectivity index (χ0v) is 14.2. The molecule has 8 heteroatoms. The number of piperidine rings is 1. The molecule has 1 aromatic heterocycles. The maximum atomic E-state index is 14.0. The van der Waals surface area contributed by atoms with Crippen molar-refractivity contribution in [2.24, 2.45) is 0 Å². The van der Waals surface area contributed by atoms with Crippen molar-refractivity contribution in [3.05, 3.63) is 53.1 Å². The lowest BCUT2D eigenvalue weighted by molar-refractivity contribution is -0.137. The van der Waals surface area contributed by atoms with E-state index in [1.807, 2.05) is 11.0 Å². The van der Waals surface area contributed by atoms with Crippen molar-refractivity contribution < 1.29 is 22.7 Å². The Bertz CT molecular complexity index is 744. The minimum absolute atomic E-state index is 0.00668. The van der Waals surface area contributed by atoms with Crippen LogP contribution in [0.5, 0.6) is 0 Å². The normalized spacial score (nSPS) is 19.0. The molecule has 4 nitrogen and oxygen atoms in total. The molecule has 2 heterocycles. The molecule has 1 aliphatic rings. The molecule has 1 atom stereocenters. The average molecular weight is 371 g/mol. The van der Waals surface area contributed by atoms with E-state index in [2.05, 4.69) is 5.10 Å². The Labute approximate surface area is 149 Å². The van der Waals surface area contributed by atoms with Crippen LogP contribution < -0.4 is 0 Å². The number of aliphatic hydroxyl groups excluding tert-OH is 1. The van der Waals surface area contributed by atoms with Gasteiger partial charge in [0.05, 0.1) is 24.4 Å². The van der Waals surface area contributed by atoms with Gasteiger partial charge in [-0.25, -0.2) is 4.39 Å². The molecule has 0 amide bonds. The Kier molecular flexibility index (Phi) is 5.62. The smallest absolute Gasteiger partial charge is 0.394 e. The summed E-state index contributed by atoms with van der Waals surface area (Å²) in [6.45, 7) is 1.90. The Morgan fingerprint density at radius 1 is 1.23 bits per heavy atom. The molecule has 1 fully saturated rings. The predicted molar refractivity (Wildman–Crippen MR) is 88.0 cm³/mol. The van der Waals surface area contributed by atoms with E-state index in [4.69, 9.17) is 5.11 Å². The lowest BCUT2D eigenvalue weighted by Gasteiger charge is -2.32. The van der Waals surface area contributed by atoms with Crippen LogP contribution in [0.15, 0.2) is 30.5 Å². The van der Waals surface area contributed by atoms with Gasteiger partial charge in [-0.2, -0.15) is 18.3 Å². The van der Waals surface area contributed by atoms with Crippen molar-refractivity contribution in [2.45, 2.75) is 38.0 Å². The van der Waals surface area contributed by atoms with Gasteiger partial charge < -0.3 is 5.11 Å². The van der Waals surface area contributed by atoms with Crippen LogP contribution in [0, 0.1) is 5.82 Å². The Balaban J connectivity index is 1.70. The quantitative estimate of drug-likeness (QED) is 0.819. The monoisotopic (exact) mass is 371 g/mol. The third kappa shape index (κ3) is 4.42. The van der Waals surface area contributed by atoms with Gasteiger partial charge in [0, 0.05) is 30.8 Å². The maximum absolute atomic E-state index is 14.0. The summed E-state index contributed by atoms with van der Waals surface area (Å²) < 4.78 is 54.2. The number of benzene rings is 1. The van der Waals surface area contributed by atoms with Crippen LogP contribution in [0.1, 0.15) is 35.6 Å². The fraction of sp³-hybridized carbons (Fsp3) is 0.500. The first kappa shape index (κ1) is 18.8. The van der Waals surface area contributed by atoms with Crippen LogP contribution in [0.3, 0.4) is 0 Å². The summed E-state index contributed by atoms with van der Waals surface area (Å²) in [5.74, 6) is -0.468. The van der Waals surface area contributed by atoms with E-state index >= 15 is 0 Å². The first-order valence-corrected chi connectivity index (χ1v) is 8.59. The zero-order chi connectivity index (χ0) is 18.7. The maximum Gasteiger partial charge on any atom is 0.416 e. The van der Waals surface area contributed by atoms with Gasteiger partial charge in [-0.15, -0.1) is 0 Å². The second-order valence-electron chi connectivity index (χ2n) is 6.61. The lowest BCUT2D eigenvalue weighted by atomic mass is 9.94. The van der Waals surface area contributed by atoms with Gasteiger partial charge in [-0.05, 0) is 43.7 Å². The largest absolute Gasteiger partial charge is 0.416 e. The van der Waals surface area contributed by atoms with Gasteiger partial charge in [-0.3, -0.25) is 9.58 Å². The summed E-state index contributed by atoms with van der Waals surface area (Å²) >= 11 is 0. The summed E-state index contributed by atoms with van der Waals surface area (Å²) in [5.41, 5.74) is 0.129. The van der Waals surface area contributed by atoms with E-state index in [1.54, 1.807) is 10.9 Å². The first-order chi connectivity index (χ1) is 12.4. The third-order valence-corrected chi connectivity index (χ3v) is 4.68. The van der Waals surface area contributed by atoms with Crippen molar-refractivity contribution in [2.75, 3.05) is 19.7 Å². The fourth-order valence-corrected chi connectivity index (χ4v) is 3.38. The molecule has 1 aromatic carbocycles. The highest BCUT2D eigenvalue weighted by molar-refractivity contribution is 5.27. The molecule has 1 N–H and O–H groups in total. The van der Waals surface area contributed by atoms with Crippen LogP contribution in [0.25, 0.3) is 0 Å². The molecule has 0 saturated carbocycles. The van der Waals surface area contributed by atoms with E-state index in [-0.39, 0.29) is 24.6 Å². The summed E-state index contributed by atoms with van der Waals surface area (Å²) in [5, 5.41) is 13.4. The highest BCUT2D eigenvalue weighted by Crippen LogP contribution is 2.32. The second kappa shape index (κ2) is 7.75. The van der Waals surface area contributed by atoms with Crippen LogP contribution in [-0.4, -0.2) is 39.5 Å². The average Bonchev–Trinajstić information content (AvgIpc) is 3.05. The summed E-state index contributed by atoms with van der Waals surface area (Å²) in [6.07, 6.45) is -0.876. The number of halogens is 4. The highest BCUT2D eigenvalue weighted by Gasteiger charge is 2.31. The highest BCUT2D eigenvalue weighted by atomic mass is 19.4. The number of hydrogen-bond acceptors (Lipinski definition) is 3. The molecular weight excluding hydrogens is 350 g/mol. The number of aliphatic hydroxyl groups is 1. The molecule has 0 spiro atoms. The molecule has 142 valence electrons. The van der Waals surface area contributed by atoms with E-state index in [0.717, 1.165) is 36.7 Å². The molecule has 0 aliphatic carbocycles. The van der Waals surface area contributed by atoms with Gasteiger partial charge >= 0.3 is 6.18 Å². The minimum Gasteiger partial charge on any atom is -0.394 e. The molecule has 26 heavy (non-hydrogen) atoms. The van der Waals surface area contributed by atoms with Crippen LogP contribution in [0.2, 0.25) is 0 Å². The van der Waals surface area contributed by atoms with Crippen molar-refractivity contribution in [3.63, 3.8) is 0 Å². The zero-order valence-electron chi connectivity index (χ0n) is 14.2. The lowest BCUT2D eigenvalue weighted by Crippen LogP contribution is -2.34. The minimum atomic E-state index is -4.48. The fourth-order valence-electron chi connectivity index (χ4n) is 3.38. The number of hydrogen-bond donors (Lipinski definition) is 1. The van der Waals surface area contributed by atoms with E-state index < -0.39 is 17.6 Å². The molecule has 3 rings (SSSR count). The van der Waals surface area contributed by atoms with Gasteiger partial charge in [0.15, 0.2) is 0 Å². The molecule has 1 saturated heterocycles. The van der Waals surface area contributed by atoms with Crippen LogP contribution in [0.4, 0.5) is 17.6 Å². The number of aromatic nitrogens is 2. The Morgan fingerprint density at radius 2 is 2.04 bits per heavy atom. The topological polar surface area (TPSA) is 41.3 Å². The second-order valence-corrected chi connectivity index (χ2v) is 6.61.